The van der Waals surface area contributed by atoms with Gasteiger partial charge in [0, 0.05) is 11.6 Å². The van der Waals surface area contributed by atoms with Crippen LogP contribution >= 0.6 is 0 Å². The highest BCUT2D eigenvalue weighted by atomic mass is 19.1. The summed E-state index contributed by atoms with van der Waals surface area (Å²) in [5, 5.41) is 12.0. The standard InChI is InChI=1S/C17H18FNO2/c1-11-4-5-12(2)14(8-11)10-21-17-9-15(18)6-7-16(17)13(3)19-20/h4-9,20H,10H2,1-3H3. The number of hydrogen-bond acceptors (Lipinski definition) is 3. The van der Waals surface area contributed by atoms with E-state index in [1.165, 1.54) is 12.1 Å². The summed E-state index contributed by atoms with van der Waals surface area (Å²) in [5.41, 5.74) is 4.26. The summed E-state index contributed by atoms with van der Waals surface area (Å²) in [6.45, 7) is 5.99. The van der Waals surface area contributed by atoms with Crippen molar-refractivity contribution in [1.82, 2.24) is 0 Å². The molecule has 0 aromatic heterocycles. The molecule has 0 aliphatic carbocycles. The number of aryl methyl sites for hydroxylation is 2. The van der Waals surface area contributed by atoms with Gasteiger partial charge in [0.25, 0.3) is 0 Å². The fourth-order valence-electron chi connectivity index (χ4n) is 2.08. The number of benzene rings is 2. The monoisotopic (exact) mass is 287 g/mol. The Balaban J connectivity index is 2.27. The van der Waals surface area contributed by atoms with Crippen LogP contribution in [0.4, 0.5) is 4.39 Å². The lowest BCUT2D eigenvalue weighted by Crippen LogP contribution is -2.04. The Hall–Kier alpha value is -2.36. The van der Waals surface area contributed by atoms with Crippen molar-refractivity contribution in [3.05, 3.63) is 64.5 Å². The molecule has 2 aromatic rings. The first-order valence-corrected chi connectivity index (χ1v) is 6.69. The van der Waals surface area contributed by atoms with Gasteiger partial charge in [-0.1, -0.05) is 28.9 Å². The maximum absolute atomic E-state index is 13.4. The third-order valence-corrected chi connectivity index (χ3v) is 3.37. The van der Waals surface area contributed by atoms with Crippen molar-refractivity contribution in [2.75, 3.05) is 0 Å². The molecule has 0 aliphatic rings. The van der Waals surface area contributed by atoms with Crippen LogP contribution in [-0.4, -0.2) is 10.9 Å². The van der Waals surface area contributed by atoms with Gasteiger partial charge >= 0.3 is 0 Å². The molecule has 0 saturated carbocycles. The zero-order valence-corrected chi connectivity index (χ0v) is 12.4. The van der Waals surface area contributed by atoms with Gasteiger partial charge in [0.15, 0.2) is 0 Å². The van der Waals surface area contributed by atoms with Gasteiger partial charge in [-0.3, -0.25) is 0 Å². The second kappa shape index (κ2) is 6.39. The number of halogens is 1. The highest BCUT2D eigenvalue weighted by Gasteiger charge is 2.10. The number of hydrogen-bond donors (Lipinski definition) is 1. The fraction of sp³-hybridized carbons (Fsp3) is 0.235. The predicted octanol–water partition coefficient (Wildman–Crippen LogP) is 4.22. The Morgan fingerprint density at radius 2 is 1.95 bits per heavy atom. The van der Waals surface area contributed by atoms with Gasteiger partial charge < -0.3 is 9.94 Å². The minimum absolute atomic E-state index is 0.336. The van der Waals surface area contributed by atoms with E-state index < -0.39 is 0 Å². The first-order valence-electron chi connectivity index (χ1n) is 6.69. The molecule has 0 aliphatic heterocycles. The van der Waals surface area contributed by atoms with E-state index in [1.807, 2.05) is 32.0 Å². The van der Waals surface area contributed by atoms with Crippen molar-refractivity contribution >= 4 is 5.71 Å². The van der Waals surface area contributed by atoms with Crippen LogP contribution in [0.5, 0.6) is 5.75 Å². The normalized spacial score (nSPS) is 11.5. The molecule has 0 amide bonds. The first-order chi connectivity index (χ1) is 10.0. The molecule has 2 aromatic carbocycles. The zero-order valence-electron chi connectivity index (χ0n) is 12.4. The highest BCUT2D eigenvalue weighted by Crippen LogP contribution is 2.23. The number of oxime groups is 1. The van der Waals surface area contributed by atoms with E-state index in [9.17, 15) is 4.39 Å². The third kappa shape index (κ3) is 3.60. The second-order valence-electron chi connectivity index (χ2n) is 5.04. The van der Waals surface area contributed by atoms with Gasteiger partial charge in [-0.15, -0.1) is 0 Å². The summed E-state index contributed by atoms with van der Waals surface area (Å²) >= 11 is 0. The van der Waals surface area contributed by atoms with Crippen LogP contribution in [0.2, 0.25) is 0 Å². The van der Waals surface area contributed by atoms with Gasteiger partial charge in [0.2, 0.25) is 0 Å². The Bertz CT molecular complexity index is 680. The molecule has 0 heterocycles. The maximum Gasteiger partial charge on any atom is 0.131 e. The van der Waals surface area contributed by atoms with Crippen molar-refractivity contribution in [1.29, 1.82) is 0 Å². The largest absolute Gasteiger partial charge is 0.488 e. The van der Waals surface area contributed by atoms with Crippen molar-refractivity contribution in [2.24, 2.45) is 5.16 Å². The quantitative estimate of drug-likeness (QED) is 0.519. The number of nitrogens with zero attached hydrogens (tertiary/aromatic N) is 1. The van der Waals surface area contributed by atoms with Crippen molar-refractivity contribution in [3.63, 3.8) is 0 Å². The smallest absolute Gasteiger partial charge is 0.131 e. The van der Waals surface area contributed by atoms with Crippen LogP contribution < -0.4 is 4.74 Å². The zero-order chi connectivity index (χ0) is 15.4. The molecular weight excluding hydrogens is 269 g/mol. The molecule has 0 saturated heterocycles. The summed E-state index contributed by atoms with van der Waals surface area (Å²) in [6.07, 6.45) is 0. The molecule has 110 valence electrons. The Morgan fingerprint density at radius 1 is 1.19 bits per heavy atom. The lowest BCUT2D eigenvalue weighted by molar-refractivity contribution is 0.301. The van der Waals surface area contributed by atoms with E-state index in [-0.39, 0.29) is 5.82 Å². The van der Waals surface area contributed by atoms with E-state index in [1.54, 1.807) is 13.0 Å². The summed E-state index contributed by atoms with van der Waals surface area (Å²) in [6, 6.07) is 10.3. The Kier molecular flexibility index (Phi) is 4.58. The second-order valence-corrected chi connectivity index (χ2v) is 5.04. The number of ether oxygens (including phenoxy) is 1. The average molecular weight is 287 g/mol. The lowest BCUT2D eigenvalue weighted by atomic mass is 10.1. The summed E-state index contributed by atoms with van der Waals surface area (Å²) in [5.74, 6) is -0.0216. The minimum Gasteiger partial charge on any atom is -0.488 e. The van der Waals surface area contributed by atoms with Gasteiger partial charge in [-0.05, 0) is 44.0 Å². The lowest BCUT2D eigenvalue weighted by Gasteiger charge is -2.13. The average Bonchev–Trinajstić information content (AvgIpc) is 2.47. The van der Waals surface area contributed by atoms with E-state index in [4.69, 9.17) is 9.94 Å². The molecule has 0 unspecified atom stereocenters. The molecule has 0 spiro atoms. The van der Waals surface area contributed by atoms with Crippen molar-refractivity contribution in [2.45, 2.75) is 27.4 Å². The van der Waals surface area contributed by atoms with E-state index >= 15 is 0 Å². The van der Waals surface area contributed by atoms with E-state index in [0.717, 1.165) is 16.7 Å². The van der Waals surface area contributed by atoms with Crippen molar-refractivity contribution in [3.8, 4) is 5.75 Å². The summed E-state index contributed by atoms with van der Waals surface area (Å²) < 4.78 is 19.1. The van der Waals surface area contributed by atoms with Crippen LogP contribution in [0.1, 0.15) is 29.2 Å². The molecule has 3 nitrogen and oxygen atoms in total. The van der Waals surface area contributed by atoms with Crippen molar-refractivity contribution < 1.29 is 14.3 Å². The predicted molar refractivity (Wildman–Crippen MR) is 80.6 cm³/mol. The topological polar surface area (TPSA) is 41.8 Å². The fourth-order valence-corrected chi connectivity index (χ4v) is 2.08. The van der Waals surface area contributed by atoms with E-state index in [0.29, 0.717) is 23.6 Å². The molecule has 0 radical (unpaired) electrons. The Labute approximate surface area is 123 Å². The van der Waals surface area contributed by atoms with Gasteiger partial charge in [-0.2, -0.15) is 0 Å². The highest BCUT2D eigenvalue weighted by molar-refractivity contribution is 6.00. The Morgan fingerprint density at radius 3 is 2.67 bits per heavy atom. The molecule has 4 heteroatoms. The van der Waals surface area contributed by atoms with Gasteiger partial charge in [0.05, 0.1) is 5.71 Å². The third-order valence-electron chi connectivity index (χ3n) is 3.37. The molecule has 0 atom stereocenters. The minimum atomic E-state index is -0.388. The van der Waals surface area contributed by atoms with Crippen LogP contribution in [0, 0.1) is 19.7 Å². The first kappa shape index (κ1) is 15.0. The SMILES string of the molecule is CC(=NO)c1ccc(F)cc1OCc1cc(C)ccc1C. The molecule has 2 rings (SSSR count). The van der Waals surface area contributed by atoms with Crippen LogP contribution in [-0.2, 0) is 6.61 Å². The molecule has 0 bridgehead atoms. The number of rotatable bonds is 4. The summed E-state index contributed by atoms with van der Waals surface area (Å²) in [7, 11) is 0. The van der Waals surface area contributed by atoms with Crippen LogP contribution in [0.3, 0.4) is 0 Å². The summed E-state index contributed by atoms with van der Waals surface area (Å²) in [4.78, 5) is 0. The van der Waals surface area contributed by atoms with Gasteiger partial charge in [0.1, 0.15) is 18.2 Å². The van der Waals surface area contributed by atoms with Crippen LogP contribution in [0.15, 0.2) is 41.6 Å². The molecule has 1 N–H and O–H groups in total. The molecule has 21 heavy (non-hydrogen) atoms. The van der Waals surface area contributed by atoms with Gasteiger partial charge in [-0.25, -0.2) is 4.39 Å². The maximum atomic E-state index is 13.4. The molecular formula is C17H18FNO2. The molecule has 0 fully saturated rings. The van der Waals surface area contributed by atoms with E-state index in [2.05, 4.69) is 5.16 Å². The van der Waals surface area contributed by atoms with Crippen LogP contribution in [0.25, 0.3) is 0 Å².